The molecule has 2 rings (SSSR count). The van der Waals surface area contributed by atoms with Gasteiger partial charge in [0, 0.05) is 5.88 Å². The van der Waals surface area contributed by atoms with E-state index < -0.39 is 5.60 Å². The molecule has 0 heterocycles. The summed E-state index contributed by atoms with van der Waals surface area (Å²) < 4.78 is 5.72. The van der Waals surface area contributed by atoms with Gasteiger partial charge >= 0.3 is 0 Å². The van der Waals surface area contributed by atoms with E-state index in [1.807, 2.05) is 68.4 Å². The van der Waals surface area contributed by atoms with Crippen LogP contribution in [0.25, 0.3) is 0 Å². The van der Waals surface area contributed by atoms with Crippen molar-refractivity contribution in [3.8, 4) is 5.75 Å². The molecule has 3 heteroatoms. The van der Waals surface area contributed by atoms with Crippen molar-refractivity contribution in [1.29, 1.82) is 0 Å². The Morgan fingerprint density at radius 3 is 2.33 bits per heavy atom. The lowest BCUT2D eigenvalue weighted by Gasteiger charge is -2.29. The number of hydrogen-bond acceptors (Lipinski definition) is 2. The van der Waals surface area contributed by atoms with Crippen LogP contribution >= 0.6 is 11.6 Å². The number of hydrogen-bond donors (Lipinski definition) is 1. The Kier molecular flexibility index (Phi) is 5.27. The molecular weight excluding hydrogens is 284 g/mol. The minimum atomic E-state index is -1.10. The van der Waals surface area contributed by atoms with Crippen molar-refractivity contribution in [2.45, 2.75) is 32.0 Å². The molecular formula is C18H21ClO2. The summed E-state index contributed by atoms with van der Waals surface area (Å²) in [5, 5.41) is 11.2. The Hall–Kier alpha value is -1.51. The third-order valence-electron chi connectivity index (χ3n) is 3.39. The molecule has 0 fully saturated rings. The molecule has 1 atom stereocenters. The van der Waals surface area contributed by atoms with Crippen molar-refractivity contribution in [2.75, 3.05) is 5.88 Å². The maximum absolute atomic E-state index is 11.2. The zero-order valence-corrected chi connectivity index (χ0v) is 13.2. The molecule has 0 aliphatic rings. The van der Waals surface area contributed by atoms with E-state index in [9.17, 15) is 5.11 Å². The normalized spacial score (nSPS) is 14.0. The van der Waals surface area contributed by atoms with E-state index in [4.69, 9.17) is 16.3 Å². The quantitative estimate of drug-likeness (QED) is 0.805. The molecule has 0 aliphatic carbocycles. The molecule has 0 amide bonds. The monoisotopic (exact) mass is 304 g/mol. The molecule has 0 aliphatic heterocycles. The summed E-state index contributed by atoms with van der Waals surface area (Å²) in [7, 11) is 0. The lowest BCUT2D eigenvalue weighted by molar-refractivity contribution is 0.0770. The minimum Gasteiger partial charge on any atom is -0.491 e. The van der Waals surface area contributed by atoms with Crippen LogP contribution < -0.4 is 4.74 Å². The summed E-state index contributed by atoms with van der Waals surface area (Å²) in [6, 6.07) is 17.2. The van der Waals surface area contributed by atoms with Gasteiger partial charge in [0.05, 0.1) is 6.10 Å². The van der Waals surface area contributed by atoms with Crippen molar-refractivity contribution in [2.24, 2.45) is 0 Å². The maximum atomic E-state index is 11.2. The van der Waals surface area contributed by atoms with E-state index in [1.54, 1.807) is 0 Å². The van der Waals surface area contributed by atoms with Gasteiger partial charge in [-0.3, -0.25) is 0 Å². The van der Waals surface area contributed by atoms with Gasteiger partial charge in [0.15, 0.2) is 0 Å². The third-order valence-corrected chi connectivity index (χ3v) is 3.58. The van der Waals surface area contributed by atoms with Gasteiger partial charge in [0.25, 0.3) is 0 Å². The van der Waals surface area contributed by atoms with Crippen LogP contribution in [0.15, 0.2) is 54.6 Å². The van der Waals surface area contributed by atoms with E-state index in [0.29, 0.717) is 12.3 Å². The van der Waals surface area contributed by atoms with E-state index in [2.05, 4.69) is 0 Å². The molecule has 0 radical (unpaired) electrons. The summed E-state index contributed by atoms with van der Waals surface area (Å²) >= 11 is 5.92. The Morgan fingerprint density at radius 2 is 1.71 bits per heavy atom. The highest BCUT2D eigenvalue weighted by molar-refractivity contribution is 6.17. The summed E-state index contributed by atoms with van der Waals surface area (Å²) in [4.78, 5) is 0. The fraction of sp³-hybridized carbons (Fsp3) is 0.333. The Bertz CT molecular complexity index is 568. The average molecular weight is 305 g/mol. The van der Waals surface area contributed by atoms with Gasteiger partial charge in [-0.1, -0.05) is 42.5 Å². The maximum Gasteiger partial charge on any atom is 0.120 e. The standard InChI is InChI=1S/C18H21ClO2/c1-14(2)21-17-10-6-9-16(13-17)18(20,11-12-19)15-7-4-3-5-8-15/h3-10,13-14,20H,11-12H2,1-2H3. The van der Waals surface area contributed by atoms with Crippen LogP contribution in [0.3, 0.4) is 0 Å². The first-order valence-corrected chi connectivity index (χ1v) is 7.71. The summed E-state index contributed by atoms with van der Waals surface area (Å²) in [6.45, 7) is 3.96. The highest BCUT2D eigenvalue weighted by Crippen LogP contribution is 2.35. The lowest BCUT2D eigenvalue weighted by atomic mass is 9.84. The summed E-state index contributed by atoms with van der Waals surface area (Å²) in [5.74, 6) is 1.13. The predicted molar refractivity (Wildman–Crippen MR) is 87.0 cm³/mol. The van der Waals surface area contributed by atoms with E-state index in [1.165, 1.54) is 0 Å². The predicted octanol–water partition coefficient (Wildman–Crippen LogP) is 4.34. The van der Waals surface area contributed by atoms with Crippen LogP contribution in [-0.4, -0.2) is 17.1 Å². The van der Waals surface area contributed by atoms with Gasteiger partial charge in [-0.15, -0.1) is 11.6 Å². The molecule has 0 saturated heterocycles. The smallest absolute Gasteiger partial charge is 0.120 e. The first kappa shape index (κ1) is 15.9. The fourth-order valence-electron chi connectivity index (χ4n) is 2.40. The Morgan fingerprint density at radius 1 is 1.05 bits per heavy atom. The van der Waals surface area contributed by atoms with Crippen LogP contribution in [0.2, 0.25) is 0 Å². The lowest BCUT2D eigenvalue weighted by Crippen LogP contribution is -2.28. The number of alkyl halides is 1. The number of rotatable bonds is 6. The van der Waals surface area contributed by atoms with Crippen molar-refractivity contribution < 1.29 is 9.84 Å². The summed E-state index contributed by atoms with van der Waals surface area (Å²) in [6.07, 6.45) is 0.544. The van der Waals surface area contributed by atoms with Crippen LogP contribution in [0.1, 0.15) is 31.4 Å². The molecule has 2 aromatic rings. The molecule has 0 bridgehead atoms. The molecule has 2 aromatic carbocycles. The number of benzene rings is 2. The van der Waals surface area contributed by atoms with E-state index in [-0.39, 0.29) is 6.10 Å². The highest BCUT2D eigenvalue weighted by Gasteiger charge is 2.31. The molecule has 21 heavy (non-hydrogen) atoms. The van der Waals surface area contributed by atoms with Gasteiger partial charge in [0.2, 0.25) is 0 Å². The van der Waals surface area contributed by atoms with Gasteiger partial charge in [0.1, 0.15) is 11.4 Å². The molecule has 0 aromatic heterocycles. The second-order valence-electron chi connectivity index (χ2n) is 5.36. The summed E-state index contributed by atoms with van der Waals surface area (Å²) in [5.41, 5.74) is 0.541. The fourth-order valence-corrected chi connectivity index (χ4v) is 2.68. The van der Waals surface area contributed by atoms with Gasteiger partial charge < -0.3 is 9.84 Å². The first-order valence-electron chi connectivity index (χ1n) is 7.17. The van der Waals surface area contributed by atoms with E-state index >= 15 is 0 Å². The molecule has 0 saturated carbocycles. The Labute approximate surface area is 131 Å². The zero-order chi connectivity index (χ0) is 15.3. The number of aliphatic hydroxyl groups is 1. The second-order valence-corrected chi connectivity index (χ2v) is 5.74. The van der Waals surface area contributed by atoms with Crippen LogP contribution in [0.4, 0.5) is 0 Å². The van der Waals surface area contributed by atoms with Crippen molar-refractivity contribution in [3.63, 3.8) is 0 Å². The van der Waals surface area contributed by atoms with Gasteiger partial charge in [-0.2, -0.15) is 0 Å². The second kappa shape index (κ2) is 6.97. The minimum absolute atomic E-state index is 0.0955. The molecule has 2 nitrogen and oxygen atoms in total. The molecule has 112 valence electrons. The van der Waals surface area contributed by atoms with Crippen molar-refractivity contribution in [3.05, 3.63) is 65.7 Å². The van der Waals surface area contributed by atoms with E-state index in [0.717, 1.165) is 16.9 Å². The average Bonchev–Trinajstić information content (AvgIpc) is 2.48. The molecule has 0 spiro atoms. The molecule has 1 N–H and O–H groups in total. The Balaban J connectivity index is 2.43. The zero-order valence-electron chi connectivity index (χ0n) is 12.4. The van der Waals surface area contributed by atoms with Crippen LogP contribution in [-0.2, 0) is 5.60 Å². The van der Waals surface area contributed by atoms with Crippen LogP contribution in [0, 0.1) is 0 Å². The van der Waals surface area contributed by atoms with Crippen molar-refractivity contribution >= 4 is 11.6 Å². The molecule has 1 unspecified atom stereocenters. The van der Waals surface area contributed by atoms with Gasteiger partial charge in [-0.05, 0) is 43.5 Å². The van der Waals surface area contributed by atoms with Gasteiger partial charge in [-0.25, -0.2) is 0 Å². The SMILES string of the molecule is CC(C)Oc1cccc(C(O)(CCCl)c2ccccc2)c1. The largest absolute Gasteiger partial charge is 0.491 e. The van der Waals surface area contributed by atoms with Crippen LogP contribution in [0.5, 0.6) is 5.75 Å². The number of ether oxygens (including phenoxy) is 1. The van der Waals surface area contributed by atoms with Crippen molar-refractivity contribution in [1.82, 2.24) is 0 Å². The first-order chi connectivity index (χ1) is 10.1. The number of halogens is 1. The topological polar surface area (TPSA) is 29.5 Å². The third kappa shape index (κ3) is 3.78. The highest BCUT2D eigenvalue weighted by atomic mass is 35.5.